The Hall–Kier alpha value is -5.08. The molecule has 6 aromatic rings. The summed E-state index contributed by atoms with van der Waals surface area (Å²) in [7, 11) is 0. The molecular weight excluding hydrogens is 424 g/mol. The first-order valence-electron chi connectivity index (χ1n) is 10.7. The highest BCUT2D eigenvalue weighted by molar-refractivity contribution is 5.84. The summed E-state index contributed by atoms with van der Waals surface area (Å²) in [6.07, 6.45) is 0.219. The third-order valence-corrected chi connectivity index (χ3v) is 5.69. The maximum Gasteiger partial charge on any atom is 0.183 e. The molecule has 34 heavy (non-hydrogen) atoms. The standard InChI is InChI=1S/C26H16N8/c27-15-13-23-29-19-9-3-5-11-21(19)33(23)25-26(32-18-8-2-1-7-17(18)31-25)34-22-12-6-4-10-20(22)30-24(34)14-16-28/h1-12H,13-14H2. The van der Waals surface area contributed by atoms with Gasteiger partial charge in [0.05, 0.1) is 58.1 Å². The van der Waals surface area contributed by atoms with Crippen molar-refractivity contribution in [3.63, 3.8) is 0 Å². The molecule has 0 spiro atoms. The van der Waals surface area contributed by atoms with Gasteiger partial charge in [-0.25, -0.2) is 19.9 Å². The van der Waals surface area contributed by atoms with Crippen LogP contribution in [-0.2, 0) is 12.8 Å². The SMILES string of the molecule is N#CCc1nc2ccccc2n1-c1nc2ccccc2nc1-n1c(CC#N)nc2ccccc21. The number of nitrogens with zero attached hydrogens (tertiary/aromatic N) is 8. The highest BCUT2D eigenvalue weighted by atomic mass is 15.2. The van der Waals surface area contributed by atoms with E-state index in [4.69, 9.17) is 19.9 Å². The molecule has 0 saturated carbocycles. The average Bonchev–Trinajstić information content (AvgIpc) is 3.41. The summed E-state index contributed by atoms with van der Waals surface area (Å²) in [6.45, 7) is 0. The first-order chi connectivity index (χ1) is 16.8. The predicted octanol–water partition coefficient (Wildman–Crippen LogP) is 4.44. The molecule has 8 nitrogen and oxygen atoms in total. The first kappa shape index (κ1) is 19.6. The number of rotatable bonds is 4. The van der Waals surface area contributed by atoms with Gasteiger partial charge < -0.3 is 0 Å². The van der Waals surface area contributed by atoms with Gasteiger partial charge in [-0.2, -0.15) is 10.5 Å². The maximum absolute atomic E-state index is 9.51. The second-order valence-corrected chi connectivity index (χ2v) is 7.73. The maximum atomic E-state index is 9.51. The minimum Gasteiger partial charge on any atom is -0.276 e. The number of hydrogen-bond donors (Lipinski definition) is 0. The fraction of sp³-hybridized carbons (Fsp3) is 0.0769. The Morgan fingerprint density at radius 3 is 1.32 bits per heavy atom. The van der Waals surface area contributed by atoms with Gasteiger partial charge in [-0.3, -0.25) is 9.13 Å². The average molecular weight is 440 g/mol. The van der Waals surface area contributed by atoms with E-state index < -0.39 is 0 Å². The predicted molar refractivity (Wildman–Crippen MR) is 127 cm³/mol. The van der Waals surface area contributed by atoms with Crippen LogP contribution in [0, 0.1) is 22.7 Å². The van der Waals surface area contributed by atoms with Gasteiger partial charge in [0.1, 0.15) is 11.6 Å². The van der Waals surface area contributed by atoms with Crippen molar-refractivity contribution in [3.05, 3.63) is 84.4 Å². The van der Waals surface area contributed by atoms with Gasteiger partial charge in [0.25, 0.3) is 0 Å². The molecule has 0 aliphatic rings. The van der Waals surface area contributed by atoms with Crippen LogP contribution in [0.2, 0.25) is 0 Å². The topological polar surface area (TPSA) is 109 Å². The summed E-state index contributed by atoms with van der Waals surface area (Å²) in [5.74, 6) is 2.20. The Morgan fingerprint density at radius 1 is 0.529 bits per heavy atom. The molecule has 3 aromatic heterocycles. The number of hydrogen-bond acceptors (Lipinski definition) is 6. The minimum atomic E-state index is 0.109. The normalized spacial score (nSPS) is 11.1. The molecule has 0 bridgehead atoms. The third-order valence-electron chi connectivity index (χ3n) is 5.69. The van der Waals surface area contributed by atoms with Crippen LogP contribution >= 0.6 is 0 Å². The molecule has 0 unspecified atom stereocenters. The first-order valence-corrected chi connectivity index (χ1v) is 10.7. The molecule has 0 amide bonds. The quantitative estimate of drug-likeness (QED) is 0.401. The van der Waals surface area contributed by atoms with Gasteiger partial charge in [0.2, 0.25) is 0 Å². The van der Waals surface area contributed by atoms with Crippen molar-refractivity contribution in [2.75, 3.05) is 0 Å². The highest BCUT2D eigenvalue weighted by Crippen LogP contribution is 2.29. The zero-order valence-corrected chi connectivity index (χ0v) is 17.9. The minimum absolute atomic E-state index is 0.109. The lowest BCUT2D eigenvalue weighted by molar-refractivity contribution is 0.865. The Bertz CT molecular complexity index is 1660. The largest absolute Gasteiger partial charge is 0.276 e. The Kier molecular flexibility index (Phi) is 4.50. The Balaban J connectivity index is 1.78. The summed E-state index contributed by atoms with van der Waals surface area (Å²) in [6, 6.07) is 27.5. The number of benzene rings is 3. The number of imidazole rings is 2. The third kappa shape index (κ3) is 2.98. The van der Waals surface area contributed by atoms with E-state index >= 15 is 0 Å². The van der Waals surface area contributed by atoms with E-state index in [1.54, 1.807) is 0 Å². The van der Waals surface area contributed by atoms with Crippen LogP contribution in [0.25, 0.3) is 44.7 Å². The molecule has 0 atom stereocenters. The van der Waals surface area contributed by atoms with Crippen LogP contribution < -0.4 is 0 Å². The molecule has 3 aromatic carbocycles. The van der Waals surface area contributed by atoms with Gasteiger partial charge in [0, 0.05) is 0 Å². The van der Waals surface area contributed by atoms with Gasteiger partial charge in [-0.15, -0.1) is 0 Å². The van der Waals surface area contributed by atoms with Gasteiger partial charge in [-0.1, -0.05) is 36.4 Å². The van der Waals surface area contributed by atoms with E-state index in [0.717, 1.165) is 22.1 Å². The number of fused-ring (bicyclic) bond motifs is 3. The molecule has 8 heteroatoms. The molecule has 160 valence electrons. The molecule has 0 saturated heterocycles. The van der Waals surface area contributed by atoms with Crippen LogP contribution in [0.5, 0.6) is 0 Å². The molecule has 0 aliphatic carbocycles. The zero-order chi connectivity index (χ0) is 23.1. The zero-order valence-electron chi connectivity index (χ0n) is 17.9. The van der Waals surface area contributed by atoms with Crippen LogP contribution in [0.4, 0.5) is 0 Å². The van der Waals surface area contributed by atoms with Crippen molar-refractivity contribution in [2.45, 2.75) is 12.8 Å². The van der Waals surface area contributed by atoms with E-state index in [1.807, 2.05) is 81.9 Å². The fourth-order valence-electron chi connectivity index (χ4n) is 4.28. The smallest absolute Gasteiger partial charge is 0.183 e. The van der Waals surface area contributed by atoms with Gasteiger partial charge in [0.15, 0.2) is 11.6 Å². The Morgan fingerprint density at radius 2 is 0.912 bits per heavy atom. The van der Waals surface area contributed by atoms with Crippen LogP contribution in [0.1, 0.15) is 11.6 Å². The second kappa shape index (κ2) is 7.80. The molecule has 6 rings (SSSR count). The van der Waals surface area contributed by atoms with Crippen molar-refractivity contribution in [2.24, 2.45) is 0 Å². The van der Waals surface area contributed by atoms with E-state index in [2.05, 4.69) is 12.1 Å². The van der Waals surface area contributed by atoms with Crippen LogP contribution in [0.15, 0.2) is 72.8 Å². The highest BCUT2D eigenvalue weighted by Gasteiger charge is 2.23. The molecular formula is C26H16N8. The van der Waals surface area contributed by atoms with E-state index in [-0.39, 0.29) is 12.8 Å². The summed E-state index contributed by atoms with van der Waals surface area (Å²) in [5, 5.41) is 19.0. The summed E-state index contributed by atoms with van der Waals surface area (Å²) < 4.78 is 3.77. The van der Waals surface area contributed by atoms with Gasteiger partial charge >= 0.3 is 0 Å². The van der Waals surface area contributed by atoms with Gasteiger partial charge in [-0.05, 0) is 36.4 Å². The number of para-hydroxylation sites is 6. The van der Waals surface area contributed by atoms with Crippen molar-refractivity contribution < 1.29 is 0 Å². The summed E-state index contributed by atoms with van der Waals surface area (Å²) >= 11 is 0. The lowest BCUT2D eigenvalue weighted by Crippen LogP contribution is -2.13. The van der Waals surface area contributed by atoms with E-state index in [1.165, 1.54) is 0 Å². The number of nitriles is 2. The molecule has 0 aliphatic heterocycles. The second-order valence-electron chi connectivity index (χ2n) is 7.73. The number of aromatic nitrogens is 6. The van der Waals surface area contributed by atoms with Crippen LogP contribution in [-0.4, -0.2) is 29.1 Å². The van der Waals surface area contributed by atoms with Crippen LogP contribution in [0.3, 0.4) is 0 Å². The molecule has 0 fully saturated rings. The van der Waals surface area contributed by atoms with E-state index in [0.29, 0.717) is 34.3 Å². The lowest BCUT2D eigenvalue weighted by atomic mass is 10.2. The van der Waals surface area contributed by atoms with Crippen molar-refractivity contribution in [1.29, 1.82) is 10.5 Å². The van der Waals surface area contributed by atoms with E-state index in [9.17, 15) is 10.5 Å². The van der Waals surface area contributed by atoms with Crippen molar-refractivity contribution in [1.82, 2.24) is 29.1 Å². The van der Waals surface area contributed by atoms with Crippen molar-refractivity contribution in [3.8, 4) is 23.8 Å². The van der Waals surface area contributed by atoms with Crippen molar-refractivity contribution >= 4 is 33.1 Å². The monoisotopic (exact) mass is 440 g/mol. The molecule has 3 heterocycles. The summed E-state index contributed by atoms with van der Waals surface area (Å²) in [4.78, 5) is 19.4. The Labute approximate surface area is 194 Å². The summed E-state index contributed by atoms with van der Waals surface area (Å²) in [5.41, 5.74) is 4.61. The molecule has 0 radical (unpaired) electrons. The lowest BCUT2D eigenvalue weighted by Gasteiger charge is -2.15. The fourth-order valence-corrected chi connectivity index (χ4v) is 4.28. The molecule has 0 N–H and O–H groups in total.